The number of sulfonamides is 1. The first-order valence-corrected chi connectivity index (χ1v) is 12.7. The molecule has 2 saturated heterocycles. The van der Waals surface area contributed by atoms with Gasteiger partial charge in [-0.25, -0.2) is 13.1 Å². The quantitative estimate of drug-likeness (QED) is 0.479. The number of amides is 3. The Morgan fingerprint density at radius 2 is 2.00 bits per heavy atom. The van der Waals surface area contributed by atoms with Gasteiger partial charge in [0.1, 0.15) is 12.1 Å². The van der Waals surface area contributed by atoms with Crippen molar-refractivity contribution < 1.29 is 27.5 Å². The molecule has 3 rings (SSSR count). The van der Waals surface area contributed by atoms with Crippen molar-refractivity contribution in [1.29, 1.82) is 0 Å². The standard InChI is InChI=1S/C18H25ClN4O6S2/c19-15-2-1-12(30-15)4-10-31(27,28)21-13-3-5-23(17(13)25)14(11-16(20)24)18(26)22-6-8-29-9-7-22/h1-2,13-14,21H,3-11H2,(H2,20,24)/t13-,14-/m0/s1. The van der Waals surface area contributed by atoms with E-state index in [-0.39, 0.29) is 37.5 Å². The highest BCUT2D eigenvalue weighted by molar-refractivity contribution is 7.89. The van der Waals surface area contributed by atoms with Gasteiger partial charge in [0.15, 0.2) is 0 Å². The molecule has 2 aliphatic rings. The van der Waals surface area contributed by atoms with Gasteiger partial charge in [-0.05, 0) is 25.0 Å². The van der Waals surface area contributed by atoms with Crippen LogP contribution in [-0.2, 0) is 35.6 Å². The van der Waals surface area contributed by atoms with E-state index in [0.717, 1.165) is 4.88 Å². The molecule has 1 aromatic rings. The van der Waals surface area contributed by atoms with Crippen molar-refractivity contribution in [2.24, 2.45) is 5.73 Å². The summed E-state index contributed by atoms with van der Waals surface area (Å²) in [5.74, 6) is -1.81. The van der Waals surface area contributed by atoms with Gasteiger partial charge in [-0.3, -0.25) is 14.4 Å². The van der Waals surface area contributed by atoms with Crippen LogP contribution in [0.2, 0.25) is 4.34 Å². The van der Waals surface area contributed by atoms with Crippen molar-refractivity contribution >= 4 is 50.7 Å². The SMILES string of the molecule is NC(=O)C[C@@H](C(=O)N1CCOCC1)N1CC[C@H](NS(=O)(=O)CCc2ccc(Cl)s2)C1=O. The molecule has 10 nitrogen and oxygen atoms in total. The van der Waals surface area contributed by atoms with Gasteiger partial charge < -0.3 is 20.3 Å². The monoisotopic (exact) mass is 492 g/mol. The van der Waals surface area contributed by atoms with E-state index < -0.39 is 33.9 Å². The van der Waals surface area contributed by atoms with Gasteiger partial charge in [-0.1, -0.05) is 11.6 Å². The number of primary amides is 1. The maximum absolute atomic E-state index is 12.9. The normalized spacial score (nSPS) is 20.8. The van der Waals surface area contributed by atoms with Crippen LogP contribution < -0.4 is 10.5 Å². The average molecular weight is 493 g/mol. The zero-order valence-electron chi connectivity index (χ0n) is 16.8. The maximum atomic E-state index is 12.9. The third kappa shape index (κ3) is 6.39. The molecule has 172 valence electrons. The Kier molecular flexibility index (Phi) is 7.92. The number of hydrogen-bond acceptors (Lipinski definition) is 7. The number of likely N-dealkylation sites (tertiary alicyclic amines) is 1. The molecule has 0 aromatic carbocycles. The summed E-state index contributed by atoms with van der Waals surface area (Å²) >= 11 is 7.16. The number of halogens is 1. The Morgan fingerprint density at radius 1 is 1.29 bits per heavy atom. The van der Waals surface area contributed by atoms with Gasteiger partial charge in [0.25, 0.3) is 0 Å². The third-order valence-corrected chi connectivity index (χ3v) is 7.86. The van der Waals surface area contributed by atoms with Crippen LogP contribution in [0.15, 0.2) is 12.1 Å². The van der Waals surface area contributed by atoms with Gasteiger partial charge >= 0.3 is 0 Å². The molecular weight excluding hydrogens is 468 g/mol. The molecule has 0 radical (unpaired) electrons. The maximum Gasteiger partial charge on any atom is 0.246 e. The van der Waals surface area contributed by atoms with Crippen molar-refractivity contribution in [1.82, 2.24) is 14.5 Å². The van der Waals surface area contributed by atoms with E-state index in [1.54, 1.807) is 12.1 Å². The minimum absolute atomic E-state index is 0.153. The third-order valence-electron chi connectivity index (χ3n) is 5.19. The molecule has 13 heteroatoms. The fraction of sp³-hybridized carbons (Fsp3) is 0.611. The molecule has 0 unspecified atom stereocenters. The van der Waals surface area contributed by atoms with Crippen LogP contribution in [-0.4, -0.2) is 86.6 Å². The molecule has 2 atom stereocenters. The summed E-state index contributed by atoms with van der Waals surface area (Å²) in [4.78, 5) is 41.0. The molecule has 3 heterocycles. The smallest absolute Gasteiger partial charge is 0.246 e. The lowest BCUT2D eigenvalue weighted by molar-refractivity contribution is -0.148. The number of rotatable bonds is 9. The Hall–Kier alpha value is -1.73. The highest BCUT2D eigenvalue weighted by Gasteiger charge is 2.42. The lowest BCUT2D eigenvalue weighted by Gasteiger charge is -2.34. The molecule has 0 spiro atoms. The summed E-state index contributed by atoms with van der Waals surface area (Å²) in [6.45, 7) is 1.63. The first-order valence-electron chi connectivity index (χ1n) is 9.86. The zero-order chi connectivity index (χ0) is 22.6. The molecule has 0 aliphatic carbocycles. The second-order valence-electron chi connectivity index (χ2n) is 7.39. The fourth-order valence-electron chi connectivity index (χ4n) is 3.63. The number of morpholine rings is 1. The van der Waals surface area contributed by atoms with Crippen molar-refractivity contribution in [2.45, 2.75) is 31.3 Å². The minimum atomic E-state index is -3.74. The lowest BCUT2D eigenvalue weighted by Crippen LogP contribution is -2.54. The highest BCUT2D eigenvalue weighted by atomic mass is 35.5. The predicted molar refractivity (Wildman–Crippen MR) is 115 cm³/mol. The van der Waals surface area contributed by atoms with E-state index >= 15 is 0 Å². The Morgan fingerprint density at radius 3 is 2.61 bits per heavy atom. The summed E-state index contributed by atoms with van der Waals surface area (Å²) in [5.41, 5.74) is 5.31. The van der Waals surface area contributed by atoms with Crippen LogP contribution in [0.3, 0.4) is 0 Å². The average Bonchev–Trinajstić information content (AvgIpc) is 3.30. The van der Waals surface area contributed by atoms with Gasteiger partial charge in [-0.2, -0.15) is 0 Å². The topological polar surface area (TPSA) is 139 Å². The molecule has 2 fully saturated rings. The van der Waals surface area contributed by atoms with Crippen LogP contribution in [0, 0.1) is 0 Å². The van der Waals surface area contributed by atoms with Crippen molar-refractivity contribution in [3.63, 3.8) is 0 Å². The summed E-state index contributed by atoms with van der Waals surface area (Å²) in [7, 11) is -3.74. The van der Waals surface area contributed by atoms with Crippen molar-refractivity contribution in [3.8, 4) is 0 Å². The number of nitrogens with two attached hydrogens (primary N) is 1. The Bertz CT molecular complexity index is 931. The number of hydrogen-bond donors (Lipinski definition) is 2. The van der Waals surface area contributed by atoms with Crippen LogP contribution in [0.1, 0.15) is 17.7 Å². The number of thiophene rings is 1. The molecular formula is C18H25ClN4O6S2. The largest absolute Gasteiger partial charge is 0.378 e. The van der Waals surface area contributed by atoms with Crippen molar-refractivity contribution in [3.05, 3.63) is 21.3 Å². The van der Waals surface area contributed by atoms with Crippen LogP contribution in [0.4, 0.5) is 0 Å². The number of aryl methyl sites for hydroxylation is 1. The second kappa shape index (κ2) is 10.3. The van der Waals surface area contributed by atoms with E-state index in [9.17, 15) is 22.8 Å². The van der Waals surface area contributed by atoms with Gasteiger partial charge in [0.2, 0.25) is 27.7 Å². The second-order valence-corrected chi connectivity index (χ2v) is 11.1. The molecule has 2 aliphatic heterocycles. The first-order chi connectivity index (χ1) is 14.7. The summed E-state index contributed by atoms with van der Waals surface area (Å²) in [6, 6.07) is 1.43. The fourth-order valence-corrected chi connectivity index (χ4v) is 6.11. The van der Waals surface area contributed by atoms with E-state index in [2.05, 4.69) is 4.72 Å². The number of carbonyl (C=O) groups excluding carboxylic acids is 3. The molecule has 1 aromatic heterocycles. The van der Waals surface area contributed by atoms with Gasteiger partial charge in [-0.15, -0.1) is 11.3 Å². The van der Waals surface area contributed by atoms with Gasteiger partial charge in [0, 0.05) is 24.5 Å². The van der Waals surface area contributed by atoms with Crippen molar-refractivity contribution in [2.75, 3.05) is 38.6 Å². The Balaban J connectivity index is 1.64. The lowest BCUT2D eigenvalue weighted by atomic mass is 10.1. The highest BCUT2D eigenvalue weighted by Crippen LogP contribution is 2.23. The number of nitrogens with one attached hydrogen (secondary N) is 1. The first kappa shape index (κ1) is 23.9. The van der Waals surface area contributed by atoms with E-state index in [4.69, 9.17) is 22.1 Å². The summed E-state index contributed by atoms with van der Waals surface area (Å²) < 4.78 is 33.2. The predicted octanol–water partition coefficient (Wildman–Crippen LogP) is -0.433. The summed E-state index contributed by atoms with van der Waals surface area (Å²) in [5, 5.41) is 0. The molecule has 0 saturated carbocycles. The number of carbonyl (C=O) groups is 3. The summed E-state index contributed by atoms with van der Waals surface area (Å²) in [6.07, 6.45) is 0.159. The van der Waals surface area contributed by atoms with E-state index in [1.165, 1.54) is 21.1 Å². The minimum Gasteiger partial charge on any atom is -0.378 e. The zero-order valence-corrected chi connectivity index (χ0v) is 19.2. The van der Waals surface area contributed by atoms with E-state index in [0.29, 0.717) is 30.6 Å². The molecule has 3 N–H and O–H groups in total. The van der Waals surface area contributed by atoms with Crippen LogP contribution in [0.5, 0.6) is 0 Å². The van der Waals surface area contributed by atoms with E-state index in [1.807, 2.05) is 0 Å². The molecule has 31 heavy (non-hydrogen) atoms. The molecule has 0 bridgehead atoms. The van der Waals surface area contributed by atoms with Gasteiger partial charge in [0.05, 0.1) is 29.7 Å². The van der Waals surface area contributed by atoms with Crippen LogP contribution in [0.25, 0.3) is 0 Å². The number of nitrogens with zero attached hydrogens (tertiary/aromatic N) is 2. The molecule has 3 amide bonds. The number of ether oxygens (including phenoxy) is 1. The van der Waals surface area contributed by atoms with Crippen LogP contribution >= 0.6 is 22.9 Å². The Labute approximate surface area is 189 Å².